The molecule has 2 N–H and O–H groups in total. The van der Waals surface area contributed by atoms with Gasteiger partial charge in [-0.15, -0.1) is 0 Å². The average Bonchev–Trinajstić information content (AvgIpc) is 2.53. The largest absolute Gasteiger partial charge is 0.346 e. The van der Waals surface area contributed by atoms with Crippen molar-refractivity contribution in [3.8, 4) is 0 Å². The lowest BCUT2D eigenvalue weighted by atomic mass is 10.1. The Balaban J connectivity index is 1.93. The van der Waals surface area contributed by atoms with Crippen LogP contribution in [0.3, 0.4) is 0 Å². The van der Waals surface area contributed by atoms with Gasteiger partial charge in [-0.25, -0.2) is 14.4 Å². The van der Waals surface area contributed by atoms with Crippen LogP contribution in [0.15, 0.2) is 47.7 Å². The molecule has 0 radical (unpaired) electrons. The summed E-state index contributed by atoms with van der Waals surface area (Å²) in [6, 6.07) is 6.67. The number of carbonyl (C=O) groups is 1. The summed E-state index contributed by atoms with van der Waals surface area (Å²) in [7, 11) is 0. The molecule has 0 spiro atoms. The molecule has 2 heterocycles. The number of amides is 1. The fourth-order valence-electron chi connectivity index (χ4n) is 2.10. The summed E-state index contributed by atoms with van der Waals surface area (Å²) in [6.45, 7) is 0.185. The molecule has 6 nitrogen and oxygen atoms in total. The van der Waals surface area contributed by atoms with Crippen molar-refractivity contribution in [2.24, 2.45) is 0 Å². The smallest absolute Gasteiger partial charge is 0.252 e. The molecular formula is C15H11FN4O2. The zero-order chi connectivity index (χ0) is 15.5. The molecule has 0 unspecified atom stereocenters. The monoisotopic (exact) mass is 298 g/mol. The van der Waals surface area contributed by atoms with Crippen LogP contribution in [-0.4, -0.2) is 20.9 Å². The summed E-state index contributed by atoms with van der Waals surface area (Å²) in [5.74, 6) is -0.954. The van der Waals surface area contributed by atoms with Crippen molar-refractivity contribution >= 4 is 16.8 Å². The van der Waals surface area contributed by atoms with Crippen LogP contribution in [-0.2, 0) is 6.54 Å². The van der Waals surface area contributed by atoms with Gasteiger partial charge in [-0.1, -0.05) is 0 Å². The van der Waals surface area contributed by atoms with Crippen molar-refractivity contribution in [2.75, 3.05) is 0 Å². The molecule has 0 saturated carbocycles. The van der Waals surface area contributed by atoms with Crippen molar-refractivity contribution < 1.29 is 9.18 Å². The number of aromatic nitrogens is 3. The molecule has 1 amide bonds. The summed E-state index contributed by atoms with van der Waals surface area (Å²) in [5, 5.41) is 3.00. The minimum Gasteiger partial charge on any atom is -0.346 e. The van der Waals surface area contributed by atoms with Crippen LogP contribution >= 0.6 is 0 Å². The molecule has 0 aliphatic rings. The van der Waals surface area contributed by atoms with E-state index in [1.165, 1.54) is 24.5 Å². The lowest BCUT2D eigenvalue weighted by Crippen LogP contribution is -2.25. The fourth-order valence-corrected chi connectivity index (χ4v) is 2.10. The van der Waals surface area contributed by atoms with Gasteiger partial charge in [-0.05, 0) is 24.3 Å². The molecule has 0 atom stereocenters. The fraction of sp³-hybridized carbons (Fsp3) is 0.0667. The first-order valence-electron chi connectivity index (χ1n) is 6.49. The summed E-state index contributed by atoms with van der Waals surface area (Å²) in [4.78, 5) is 34.2. The molecule has 0 bridgehead atoms. The number of nitrogens with zero attached hydrogens (tertiary/aromatic N) is 2. The third kappa shape index (κ3) is 2.83. The van der Waals surface area contributed by atoms with E-state index in [-0.39, 0.29) is 12.1 Å². The Kier molecular flexibility index (Phi) is 3.61. The van der Waals surface area contributed by atoms with Crippen molar-refractivity contribution in [2.45, 2.75) is 6.54 Å². The number of carbonyl (C=O) groups excluding carboxylic acids is 1. The first-order valence-corrected chi connectivity index (χ1v) is 6.49. The Bertz CT molecular complexity index is 893. The van der Waals surface area contributed by atoms with Gasteiger partial charge in [0, 0.05) is 23.2 Å². The second-order valence-corrected chi connectivity index (χ2v) is 4.62. The van der Waals surface area contributed by atoms with E-state index in [0.717, 1.165) is 6.07 Å². The zero-order valence-electron chi connectivity index (χ0n) is 11.3. The highest BCUT2D eigenvalue weighted by atomic mass is 19.1. The topological polar surface area (TPSA) is 87.7 Å². The SMILES string of the molecule is O=C(NCc1ccncn1)c1cc(=O)[nH]c2ccc(F)cc12. The van der Waals surface area contributed by atoms with Crippen molar-refractivity contribution in [1.82, 2.24) is 20.3 Å². The van der Waals surface area contributed by atoms with E-state index in [1.807, 2.05) is 0 Å². The number of nitrogens with one attached hydrogen (secondary N) is 2. The number of hydrogen-bond donors (Lipinski definition) is 2. The van der Waals surface area contributed by atoms with Crippen LogP contribution in [0.4, 0.5) is 4.39 Å². The number of halogens is 1. The first-order chi connectivity index (χ1) is 10.6. The minimum atomic E-state index is -0.482. The van der Waals surface area contributed by atoms with E-state index in [4.69, 9.17) is 0 Å². The normalized spacial score (nSPS) is 10.6. The molecule has 22 heavy (non-hydrogen) atoms. The van der Waals surface area contributed by atoms with E-state index in [2.05, 4.69) is 20.3 Å². The van der Waals surface area contributed by atoms with E-state index in [1.54, 1.807) is 12.3 Å². The van der Waals surface area contributed by atoms with Crippen LogP contribution < -0.4 is 10.9 Å². The maximum Gasteiger partial charge on any atom is 0.252 e. The number of H-pyrrole nitrogens is 1. The van der Waals surface area contributed by atoms with Crippen molar-refractivity contribution in [3.05, 3.63) is 70.3 Å². The number of pyridine rings is 1. The van der Waals surface area contributed by atoms with Crippen molar-refractivity contribution in [1.29, 1.82) is 0 Å². The lowest BCUT2D eigenvalue weighted by molar-refractivity contribution is 0.0952. The highest BCUT2D eigenvalue weighted by Gasteiger charge is 2.12. The second-order valence-electron chi connectivity index (χ2n) is 4.62. The van der Waals surface area contributed by atoms with Gasteiger partial charge in [0.05, 0.1) is 17.8 Å². The van der Waals surface area contributed by atoms with Gasteiger partial charge in [0.15, 0.2) is 0 Å². The molecule has 0 saturated heterocycles. The van der Waals surface area contributed by atoms with Gasteiger partial charge in [0.2, 0.25) is 5.56 Å². The van der Waals surface area contributed by atoms with Gasteiger partial charge in [0.1, 0.15) is 12.1 Å². The number of fused-ring (bicyclic) bond motifs is 1. The maximum absolute atomic E-state index is 13.4. The summed E-state index contributed by atoms with van der Waals surface area (Å²) >= 11 is 0. The predicted octanol–water partition coefficient (Wildman–Crippen LogP) is 1.39. The molecule has 110 valence electrons. The molecule has 0 aliphatic heterocycles. The molecule has 3 rings (SSSR count). The molecule has 0 fully saturated rings. The molecule has 0 aliphatic carbocycles. The molecule has 3 aromatic rings. The average molecular weight is 298 g/mol. The third-order valence-electron chi connectivity index (χ3n) is 3.12. The minimum absolute atomic E-state index is 0.118. The standard InChI is InChI=1S/C15H11FN4O2/c16-9-1-2-13-11(5-9)12(6-14(21)20-13)15(22)18-7-10-3-4-17-8-19-10/h1-6,8H,7H2,(H,18,22)(H,20,21). The van der Waals surface area contributed by atoms with E-state index in [9.17, 15) is 14.0 Å². The Morgan fingerprint density at radius 1 is 1.27 bits per heavy atom. The first kappa shape index (κ1) is 13.9. The molecule has 7 heteroatoms. The van der Waals surface area contributed by atoms with Gasteiger partial charge >= 0.3 is 0 Å². The molecular weight excluding hydrogens is 287 g/mol. The van der Waals surface area contributed by atoms with E-state index < -0.39 is 17.3 Å². The zero-order valence-corrected chi connectivity index (χ0v) is 11.3. The van der Waals surface area contributed by atoms with Crippen LogP contribution in [0, 0.1) is 5.82 Å². The lowest BCUT2D eigenvalue weighted by Gasteiger charge is -2.07. The molecule has 1 aromatic carbocycles. The second kappa shape index (κ2) is 5.72. The third-order valence-corrected chi connectivity index (χ3v) is 3.12. The number of aromatic amines is 1. The van der Waals surface area contributed by atoms with Crippen molar-refractivity contribution in [3.63, 3.8) is 0 Å². The number of benzene rings is 1. The number of hydrogen-bond acceptors (Lipinski definition) is 4. The summed E-state index contributed by atoms with van der Waals surface area (Å²) < 4.78 is 13.4. The van der Waals surface area contributed by atoms with Gasteiger partial charge in [-0.2, -0.15) is 0 Å². The summed E-state index contributed by atoms with van der Waals surface area (Å²) in [5.41, 5.74) is 0.725. The number of rotatable bonds is 3. The van der Waals surface area contributed by atoms with Gasteiger partial charge < -0.3 is 10.3 Å². The van der Waals surface area contributed by atoms with Crippen LogP contribution in [0.5, 0.6) is 0 Å². The predicted molar refractivity (Wildman–Crippen MR) is 77.7 cm³/mol. The van der Waals surface area contributed by atoms with Crippen LogP contribution in [0.25, 0.3) is 10.9 Å². The Morgan fingerprint density at radius 2 is 2.14 bits per heavy atom. The van der Waals surface area contributed by atoms with E-state index >= 15 is 0 Å². The molecule has 2 aromatic heterocycles. The van der Waals surface area contributed by atoms with Crippen LogP contribution in [0.2, 0.25) is 0 Å². The Labute approximate surface area is 124 Å². The van der Waals surface area contributed by atoms with Gasteiger partial charge in [0.25, 0.3) is 5.91 Å². The van der Waals surface area contributed by atoms with Crippen LogP contribution in [0.1, 0.15) is 16.1 Å². The highest BCUT2D eigenvalue weighted by molar-refractivity contribution is 6.05. The Morgan fingerprint density at radius 3 is 2.91 bits per heavy atom. The quantitative estimate of drug-likeness (QED) is 0.765. The maximum atomic E-state index is 13.4. The Hall–Kier alpha value is -3.09. The van der Waals surface area contributed by atoms with E-state index in [0.29, 0.717) is 16.6 Å². The van der Waals surface area contributed by atoms with Gasteiger partial charge in [-0.3, -0.25) is 9.59 Å². The summed E-state index contributed by atoms with van der Waals surface area (Å²) in [6.07, 6.45) is 2.94. The highest BCUT2D eigenvalue weighted by Crippen LogP contribution is 2.16.